The molecule has 10 atom stereocenters. The van der Waals surface area contributed by atoms with E-state index in [1.165, 1.54) is 0 Å². The Morgan fingerprint density at radius 3 is 2.55 bits per heavy atom. The van der Waals surface area contributed by atoms with Gasteiger partial charge in [0.25, 0.3) is 5.91 Å². The Morgan fingerprint density at radius 1 is 1.21 bits per heavy atom. The number of hydrogen-bond donors (Lipinski definition) is 3. The summed E-state index contributed by atoms with van der Waals surface area (Å²) in [6, 6.07) is 10.4. The molecule has 0 radical (unpaired) electrons. The van der Waals surface area contributed by atoms with E-state index in [0.717, 1.165) is 16.8 Å². The van der Waals surface area contributed by atoms with Gasteiger partial charge < -0.3 is 29.8 Å². The Bertz CT molecular complexity index is 1410. The van der Waals surface area contributed by atoms with Crippen LogP contribution in [-0.4, -0.2) is 86.3 Å². The Hall–Kier alpha value is -2.82. The summed E-state index contributed by atoms with van der Waals surface area (Å²) >= 11 is 0. The summed E-state index contributed by atoms with van der Waals surface area (Å²) in [4.78, 5) is 28.1. The minimum Gasteiger partial charge on any atom is -0.405 e. The van der Waals surface area contributed by atoms with Crippen LogP contribution in [0.4, 0.5) is 0 Å². The molecule has 2 unspecified atom stereocenters. The molecule has 1 aliphatic carbocycles. The van der Waals surface area contributed by atoms with E-state index in [2.05, 4.69) is 6.58 Å². The highest BCUT2D eigenvalue weighted by atomic mass is 16.7. The average molecular weight is 578 g/mol. The van der Waals surface area contributed by atoms with Crippen LogP contribution in [0.5, 0.6) is 5.75 Å². The van der Waals surface area contributed by atoms with Crippen LogP contribution in [0, 0.1) is 23.7 Å². The first-order chi connectivity index (χ1) is 19.8. The number of amides is 1. The maximum atomic E-state index is 15.0. The first-order valence-corrected chi connectivity index (χ1v) is 14.9. The molecule has 2 saturated heterocycles. The second-order valence-corrected chi connectivity index (χ2v) is 13.5. The number of pyridine rings is 1. The number of benzene rings is 1. The number of carbonyl (C=O) groups excluding carboxylic acids is 1. The molecule has 3 fully saturated rings. The number of hydroxylamine groups is 2. The highest BCUT2D eigenvalue weighted by molar-refractivity contribution is 5.89. The van der Waals surface area contributed by atoms with E-state index < -0.39 is 52.7 Å². The SMILES string of the molecule is C=Cc1ccc([C@@H]2N3C[C@@]2(OC)C(=O)N2C[C@@H](c4cccc(c4)O3)[C@](C)([C@@H](C)O)C2[C@@H]2C[C@H](O)C(C)(C)[C@H]2O)nc1C. The first kappa shape index (κ1) is 29.3. The summed E-state index contributed by atoms with van der Waals surface area (Å²) in [5, 5.41) is 36.0. The first-order valence-electron chi connectivity index (χ1n) is 14.9. The maximum absolute atomic E-state index is 15.0. The van der Waals surface area contributed by atoms with Crippen molar-refractivity contribution in [3.8, 4) is 5.75 Å². The lowest BCUT2D eigenvalue weighted by molar-refractivity contribution is -0.275. The molecular formula is C33H43N3O6. The molecule has 226 valence electrons. The fraction of sp³-hybridized carbons (Fsp3) is 0.576. The fourth-order valence-electron chi connectivity index (χ4n) is 8.27. The largest absolute Gasteiger partial charge is 0.405 e. The van der Waals surface area contributed by atoms with E-state index in [9.17, 15) is 15.3 Å². The Kier molecular flexibility index (Phi) is 6.87. The second-order valence-electron chi connectivity index (χ2n) is 13.5. The zero-order valence-electron chi connectivity index (χ0n) is 25.3. The molecule has 7 rings (SSSR count). The van der Waals surface area contributed by atoms with Gasteiger partial charge in [-0.2, -0.15) is 0 Å². The monoisotopic (exact) mass is 577 g/mol. The number of aromatic nitrogens is 1. The zero-order chi connectivity index (χ0) is 30.4. The number of rotatable bonds is 5. The minimum atomic E-state index is -1.32. The molecule has 5 heterocycles. The lowest BCUT2D eigenvalue weighted by Gasteiger charge is -2.55. The van der Waals surface area contributed by atoms with Crippen LogP contribution in [0.25, 0.3) is 6.08 Å². The van der Waals surface area contributed by atoms with Crippen molar-refractivity contribution in [2.24, 2.45) is 16.7 Å². The Morgan fingerprint density at radius 2 is 1.95 bits per heavy atom. The van der Waals surface area contributed by atoms with Crippen molar-refractivity contribution in [2.45, 2.75) is 83.0 Å². The van der Waals surface area contributed by atoms with Gasteiger partial charge in [0.05, 0.1) is 30.6 Å². The van der Waals surface area contributed by atoms with Crippen LogP contribution in [0.1, 0.15) is 68.6 Å². The summed E-state index contributed by atoms with van der Waals surface area (Å²) in [7, 11) is 1.54. The summed E-state index contributed by atoms with van der Waals surface area (Å²) in [6.07, 6.45) is -0.385. The number of carbonyl (C=O) groups is 1. The van der Waals surface area contributed by atoms with E-state index in [1.54, 1.807) is 25.2 Å². The van der Waals surface area contributed by atoms with Crippen molar-refractivity contribution in [1.29, 1.82) is 0 Å². The molecule has 5 aliphatic rings. The summed E-state index contributed by atoms with van der Waals surface area (Å²) in [5.41, 5.74) is 0.333. The van der Waals surface area contributed by atoms with Crippen LogP contribution in [0.2, 0.25) is 0 Å². The molecule has 6 bridgehead atoms. The highest BCUT2D eigenvalue weighted by Gasteiger charge is 2.69. The summed E-state index contributed by atoms with van der Waals surface area (Å²) in [6.45, 7) is 13.8. The normalized spacial score (nSPS) is 39.2. The topological polar surface area (TPSA) is 116 Å². The number of aryl methyl sites for hydroxylation is 1. The number of methoxy groups -OCH3 is 1. The number of aliphatic hydroxyl groups excluding tert-OH is 3. The van der Waals surface area contributed by atoms with Crippen LogP contribution in [0.15, 0.2) is 43.0 Å². The van der Waals surface area contributed by atoms with Gasteiger partial charge in [-0.15, -0.1) is 5.06 Å². The summed E-state index contributed by atoms with van der Waals surface area (Å²) < 4.78 is 6.18. The van der Waals surface area contributed by atoms with Gasteiger partial charge in [0.2, 0.25) is 0 Å². The van der Waals surface area contributed by atoms with Crippen molar-refractivity contribution >= 4 is 12.0 Å². The highest BCUT2D eigenvalue weighted by Crippen LogP contribution is 2.59. The van der Waals surface area contributed by atoms with Crippen molar-refractivity contribution in [3.63, 3.8) is 0 Å². The molecule has 1 aromatic heterocycles. The molecule has 9 heteroatoms. The van der Waals surface area contributed by atoms with Gasteiger partial charge in [0, 0.05) is 48.1 Å². The molecule has 0 spiro atoms. The fourth-order valence-corrected chi connectivity index (χ4v) is 8.27. The molecule has 1 aromatic carbocycles. The Labute approximate surface area is 247 Å². The molecule has 4 aliphatic heterocycles. The van der Waals surface area contributed by atoms with Crippen LogP contribution in [-0.2, 0) is 9.53 Å². The number of hydrogen-bond acceptors (Lipinski definition) is 8. The van der Waals surface area contributed by atoms with Gasteiger partial charge >= 0.3 is 0 Å². The predicted molar refractivity (Wildman–Crippen MR) is 157 cm³/mol. The number of ether oxygens (including phenoxy) is 1. The lowest BCUT2D eigenvalue weighted by Crippen LogP contribution is -2.73. The van der Waals surface area contributed by atoms with Gasteiger partial charge in [-0.1, -0.05) is 51.6 Å². The zero-order valence-corrected chi connectivity index (χ0v) is 25.3. The van der Waals surface area contributed by atoms with Crippen LogP contribution >= 0.6 is 0 Å². The third-order valence-electron chi connectivity index (χ3n) is 11.2. The third kappa shape index (κ3) is 3.87. The smallest absolute Gasteiger partial charge is 0.258 e. The lowest BCUT2D eigenvalue weighted by atomic mass is 9.64. The standard InChI is InChI=1S/C33H43N3O6/c1-8-20-12-13-25(34-18(20)2)28-33(41-7)17-36(28)42-22-11-9-10-21(14-22)24-16-35(30(33)40)27(32(24,6)19(3)37)23-15-26(38)31(4,5)29(23)39/h8-14,19,23-24,26-29,37-39H,1,15-17H2,2-7H3/t19-,23+,24+,26+,27?,28+,29+,32+,33+/m1/s1. The third-order valence-corrected chi connectivity index (χ3v) is 11.2. The number of aliphatic hydroxyl groups is 3. The molecule has 9 nitrogen and oxygen atoms in total. The summed E-state index contributed by atoms with van der Waals surface area (Å²) in [5.74, 6) is -0.325. The molecule has 1 saturated carbocycles. The Balaban J connectivity index is 1.55. The maximum Gasteiger partial charge on any atom is 0.258 e. The minimum absolute atomic E-state index is 0.168. The van der Waals surface area contributed by atoms with Crippen molar-refractivity contribution < 1.29 is 29.7 Å². The van der Waals surface area contributed by atoms with E-state index in [1.807, 2.05) is 69.0 Å². The quantitative estimate of drug-likeness (QED) is 0.496. The second kappa shape index (κ2) is 9.86. The molecule has 2 aromatic rings. The number of nitrogens with zero attached hydrogens (tertiary/aromatic N) is 3. The molecule has 42 heavy (non-hydrogen) atoms. The van der Waals surface area contributed by atoms with Crippen molar-refractivity contribution in [2.75, 3.05) is 20.2 Å². The van der Waals surface area contributed by atoms with E-state index in [0.29, 0.717) is 24.4 Å². The van der Waals surface area contributed by atoms with Crippen molar-refractivity contribution in [1.82, 2.24) is 14.9 Å². The van der Waals surface area contributed by atoms with E-state index in [-0.39, 0.29) is 18.4 Å². The van der Waals surface area contributed by atoms with Gasteiger partial charge in [-0.3, -0.25) is 9.78 Å². The molecule has 1 amide bonds. The average Bonchev–Trinajstić information content (AvgIpc) is 3.35. The van der Waals surface area contributed by atoms with Gasteiger partial charge in [-0.05, 0) is 49.6 Å². The van der Waals surface area contributed by atoms with Crippen molar-refractivity contribution in [3.05, 3.63) is 65.5 Å². The van der Waals surface area contributed by atoms with Crippen LogP contribution < -0.4 is 4.84 Å². The van der Waals surface area contributed by atoms with Gasteiger partial charge in [0.1, 0.15) is 11.8 Å². The van der Waals surface area contributed by atoms with Crippen LogP contribution in [0.3, 0.4) is 0 Å². The molecule has 3 N–H and O–H groups in total. The molecular weight excluding hydrogens is 534 g/mol. The van der Waals surface area contributed by atoms with Gasteiger partial charge in [-0.25, -0.2) is 0 Å². The van der Waals surface area contributed by atoms with E-state index in [4.69, 9.17) is 14.6 Å². The van der Waals surface area contributed by atoms with E-state index >= 15 is 4.79 Å². The van der Waals surface area contributed by atoms with Gasteiger partial charge in [0.15, 0.2) is 5.60 Å². The predicted octanol–water partition coefficient (Wildman–Crippen LogP) is 3.23.